The first-order valence-electron chi connectivity index (χ1n) is 4.62. The molecule has 0 fully saturated rings. The maximum Gasteiger partial charge on any atom is 0.201 e. The molecular weight excluding hydrogens is 258 g/mol. The topological polar surface area (TPSA) is 53.1 Å². The second-order valence-electron chi connectivity index (χ2n) is 3.25. The Hall–Kier alpha value is -1.07. The Morgan fingerprint density at radius 2 is 2.33 bits per heavy atom. The number of anilines is 1. The van der Waals surface area contributed by atoms with Crippen molar-refractivity contribution < 1.29 is 4.74 Å². The van der Waals surface area contributed by atoms with E-state index in [1.165, 1.54) is 0 Å². The third-order valence-electron chi connectivity index (χ3n) is 2.26. The summed E-state index contributed by atoms with van der Waals surface area (Å²) in [5.41, 5.74) is 7.76. The van der Waals surface area contributed by atoms with Crippen LogP contribution in [0.4, 0.5) is 5.95 Å². The molecule has 0 aliphatic rings. The van der Waals surface area contributed by atoms with Crippen molar-refractivity contribution in [3.63, 3.8) is 0 Å². The highest BCUT2D eigenvalue weighted by atomic mass is 79.9. The summed E-state index contributed by atoms with van der Waals surface area (Å²) >= 11 is 3.43. The molecule has 1 heterocycles. The lowest BCUT2D eigenvalue weighted by Gasteiger charge is -2.05. The molecule has 5 heteroatoms. The van der Waals surface area contributed by atoms with Gasteiger partial charge in [0, 0.05) is 18.1 Å². The van der Waals surface area contributed by atoms with E-state index >= 15 is 0 Å². The van der Waals surface area contributed by atoms with Crippen molar-refractivity contribution in [1.82, 2.24) is 9.55 Å². The first-order chi connectivity index (χ1) is 7.22. The fraction of sp³-hybridized carbons (Fsp3) is 0.300. The van der Waals surface area contributed by atoms with Crippen LogP contribution in [0, 0.1) is 0 Å². The highest BCUT2D eigenvalue weighted by Crippen LogP contribution is 2.21. The minimum Gasteiger partial charge on any atom is -0.383 e. The lowest BCUT2D eigenvalue weighted by molar-refractivity contribution is 0.189. The van der Waals surface area contributed by atoms with E-state index in [-0.39, 0.29) is 0 Å². The summed E-state index contributed by atoms with van der Waals surface area (Å²) in [6.07, 6.45) is 0. The smallest absolute Gasteiger partial charge is 0.201 e. The Morgan fingerprint density at radius 1 is 1.53 bits per heavy atom. The molecule has 0 radical (unpaired) electrons. The molecular formula is C10H12BrN3O. The van der Waals surface area contributed by atoms with E-state index < -0.39 is 0 Å². The van der Waals surface area contributed by atoms with Crippen LogP contribution in [0.2, 0.25) is 0 Å². The molecule has 0 bridgehead atoms. The fourth-order valence-electron chi connectivity index (χ4n) is 1.53. The average molecular weight is 270 g/mol. The Kier molecular flexibility index (Phi) is 2.93. The minimum absolute atomic E-state index is 0.528. The number of imidazole rings is 1. The lowest BCUT2D eigenvalue weighted by atomic mass is 10.3. The van der Waals surface area contributed by atoms with Gasteiger partial charge in [-0.3, -0.25) is 0 Å². The van der Waals surface area contributed by atoms with Gasteiger partial charge in [-0.2, -0.15) is 0 Å². The summed E-state index contributed by atoms with van der Waals surface area (Å²) in [7, 11) is 1.67. The van der Waals surface area contributed by atoms with Gasteiger partial charge in [0.1, 0.15) is 0 Å². The molecule has 0 saturated heterocycles. The summed E-state index contributed by atoms with van der Waals surface area (Å²) in [6.45, 7) is 1.34. The predicted octanol–water partition coefficient (Wildman–Crippen LogP) is 2.03. The largest absolute Gasteiger partial charge is 0.383 e. The van der Waals surface area contributed by atoms with Gasteiger partial charge in [0.15, 0.2) is 0 Å². The van der Waals surface area contributed by atoms with Crippen LogP contribution in [-0.4, -0.2) is 23.3 Å². The summed E-state index contributed by atoms with van der Waals surface area (Å²) in [5, 5.41) is 0. The zero-order valence-corrected chi connectivity index (χ0v) is 9.99. The zero-order chi connectivity index (χ0) is 10.8. The van der Waals surface area contributed by atoms with Crippen molar-refractivity contribution in [2.45, 2.75) is 6.54 Å². The summed E-state index contributed by atoms with van der Waals surface area (Å²) in [6, 6.07) is 5.91. The monoisotopic (exact) mass is 269 g/mol. The van der Waals surface area contributed by atoms with Crippen molar-refractivity contribution in [1.29, 1.82) is 0 Å². The highest BCUT2D eigenvalue weighted by Gasteiger charge is 2.07. The maximum atomic E-state index is 5.83. The molecule has 15 heavy (non-hydrogen) atoms. The number of hydrogen-bond donors (Lipinski definition) is 1. The van der Waals surface area contributed by atoms with Gasteiger partial charge in [0.25, 0.3) is 0 Å². The number of methoxy groups -OCH3 is 1. The first kappa shape index (κ1) is 10.4. The van der Waals surface area contributed by atoms with E-state index in [0.29, 0.717) is 12.6 Å². The van der Waals surface area contributed by atoms with E-state index in [4.69, 9.17) is 10.5 Å². The number of hydrogen-bond acceptors (Lipinski definition) is 3. The molecule has 0 aliphatic heterocycles. The van der Waals surface area contributed by atoms with Crippen molar-refractivity contribution in [2.75, 3.05) is 19.5 Å². The summed E-state index contributed by atoms with van der Waals surface area (Å²) < 4.78 is 8.00. The maximum absolute atomic E-state index is 5.83. The van der Waals surface area contributed by atoms with Crippen molar-refractivity contribution >= 4 is 32.9 Å². The molecule has 1 aromatic carbocycles. The Morgan fingerprint density at radius 3 is 3.07 bits per heavy atom. The van der Waals surface area contributed by atoms with Gasteiger partial charge < -0.3 is 15.0 Å². The van der Waals surface area contributed by atoms with Gasteiger partial charge in [0.2, 0.25) is 5.95 Å². The number of nitrogens with two attached hydrogens (primary N) is 1. The van der Waals surface area contributed by atoms with E-state index in [1.807, 2.05) is 22.8 Å². The van der Waals surface area contributed by atoms with Crippen LogP contribution in [0.1, 0.15) is 0 Å². The molecule has 0 saturated carbocycles. The second kappa shape index (κ2) is 4.20. The van der Waals surface area contributed by atoms with Gasteiger partial charge >= 0.3 is 0 Å². The number of benzene rings is 1. The third-order valence-corrected chi connectivity index (χ3v) is 2.75. The van der Waals surface area contributed by atoms with Crippen LogP contribution >= 0.6 is 15.9 Å². The van der Waals surface area contributed by atoms with E-state index in [1.54, 1.807) is 7.11 Å². The lowest BCUT2D eigenvalue weighted by Crippen LogP contribution is -2.07. The van der Waals surface area contributed by atoms with Crippen LogP contribution in [0.3, 0.4) is 0 Å². The SMILES string of the molecule is COCCn1c(N)nc2ccc(Br)cc21. The molecule has 80 valence electrons. The van der Waals surface area contributed by atoms with E-state index in [0.717, 1.165) is 22.1 Å². The van der Waals surface area contributed by atoms with Gasteiger partial charge in [-0.25, -0.2) is 4.98 Å². The number of nitrogen functional groups attached to an aromatic ring is 1. The Balaban J connectivity index is 2.50. The van der Waals surface area contributed by atoms with Gasteiger partial charge in [-0.1, -0.05) is 15.9 Å². The number of halogens is 1. The van der Waals surface area contributed by atoms with Crippen LogP contribution in [0.25, 0.3) is 11.0 Å². The minimum atomic E-state index is 0.528. The summed E-state index contributed by atoms with van der Waals surface area (Å²) in [4.78, 5) is 4.27. The van der Waals surface area contributed by atoms with Crippen molar-refractivity contribution in [3.8, 4) is 0 Å². The van der Waals surface area contributed by atoms with Crippen LogP contribution in [-0.2, 0) is 11.3 Å². The molecule has 0 atom stereocenters. The number of aromatic nitrogens is 2. The van der Waals surface area contributed by atoms with Crippen molar-refractivity contribution in [3.05, 3.63) is 22.7 Å². The van der Waals surface area contributed by atoms with E-state index in [9.17, 15) is 0 Å². The average Bonchev–Trinajstić information content (AvgIpc) is 2.51. The Labute approximate surface area is 96.2 Å². The molecule has 2 N–H and O–H groups in total. The van der Waals surface area contributed by atoms with Crippen molar-refractivity contribution in [2.24, 2.45) is 0 Å². The van der Waals surface area contributed by atoms with Gasteiger partial charge in [-0.15, -0.1) is 0 Å². The van der Waals surface area contributed by atoms with Gasteiger partial charge in [-0.05, 0) is 18.2 Å². The van der Waals surface area contributed by atoms with Crippen LogP contribution < -0.4 is 5.73 Å². The molecule has 4 nitrogen and oxygen atoms in total. The molecule has 0 amide bonds. The highest BCUT2D eigenvalue weighted by molar-refractivity contribution is 9.10. The Bertz CT molecular complexity index is 481. The standard InChI is InChI=1S/C10H12BrN3O/c1-15-5-4-14-9-6-7(11)2-3-8(9)13-10(14)12/h2-3,6H,4-5H2,1H3,(H2,12,13). The molecule has 0 spiro atoms. The fourth-order valence-corrected chi connectivity index (χ4v) is 1.88. The quantitative estimate of drug-likeness (QED) is 0.928. The van der Waals surface area contributed by atoms with Gasteiger partial charge in [0.05, 0.1) is 17.6 Å². The first-order valence-corrected chi connectivity index (χ1v) is 5.42. The zero-order valence-electron chi connectivity index (χ0n) is 8.40. The second-order valence-corrected chi connectivity index (χ2v) is 4.16. The normalized spacial score (nSPS) is 11.1. The van der Waals surface area contributed by atoms with Crippen LogP contribution in [0.5, 0.6) is 0 Å². The molecule has 2 rings (SSSR count). The molecule has 0 aliphatic carbocycles. The number of ether oxygens (including phenoxy) is 1. The third kappa shape index (κ3) is 1.98. The summed E-state index contributed by atoms with van der Waals surface area (Å²) in [5.74, 6) is 0.528. The van der Waals surface area contributed by atoms with Crippen LogP contribution in [0.15, 0.2) is 22.7 Å². The molecule has 1 aromatic heterocycles. The van der Waals surface area contributed by atoms with E-state index in [2.05, 4.69) is 20.9 Å². The number of fused-ring (bicyclic) bond motifs is 1. The number of rotatable bonds is 3. The number of nitrogens with zero attached hydrogens (tertiary/aromatic N) is 2. The predicted molar refractivity (Wildman–Crippen MR) is 63.7 cm³/mol. The molecule has 2 aromatic rings. The molecule has 0 unspecified atom stereocenters.